The van der Waals surface area contributed by atoms with Crippen molar-refractivity contribution in [1.82, 2.24) is 9.78 Å². The van der Waals surface area contributed by atoms with Crippen LogP contribution in [0.3, 0.4) is 0 Å². The first-order chi connectivity index (χ1) is 7.26. The van der Waals surface area contributed by atoms with Crippen molar-refractivity contribution < 1.29 is 26.7 Å². The highest BCUT2D eigenvalue weighted by atomic mass is 79.9. The van der Waals surface area contributed by atoms with Crippen LogP contribution in [-0.2, 0) is 13.1 Å². The lowest BCUT2D eigenvalue weighted by Gasteiger charge is -2.01. The summed E-state index contributed by atoms with van der Waals surface area (Å²) in [5, 5.41) is 13.7. The summed E-state index contributed by atoms with van der Waals surface area (Å²) in [5.41, 5.74) is 0. The second kappa shape index (κ2) is 8.70. The highest BCUT2D eigenvalue weighted by molar-refractivity contribution is 4.54. The molecular formula is C11H22BrN3O. The molecule has 0 aliphatic heterocycles. The summed E-state index contributed by atoms with van der Waals surface area (Å²) in [5.74, 6) is 0. The molecule has 0 bridgehead atoms. The van der Waals surface area contributed by atoms with Crippen molar-refractivity contribution in [2.24, 2.45) is 0 Å². The molecule has 0 amide bonds. The van der Waals surface area contributed by atoms with Gasteiger partial charge in [0.2, 0.25) is 6.33 Å². The van der Waals surface area contributed by atoms with Gasteiger partial charge in [0.15, 0.2) is 0 Å². The van der Waals surface area contributed by atoms with Crippen molar-refractivity contribution in [2.75, 3.05) is 0 Å². The summed E-state index contributed by atoms with van der Waals surface area (Å²) in [6.07, 6.45) is 7.98. The van der Waals surface area contributed by atoms with Gasteiger partial charge < -0.3 is 22.1 Å². The van der Waals surface area contributed by atoms with Crippen LogP contribution < -0.4 is 21.5 Å². The number of aryl methyl sites for hydroxylation is 1. The normalized spacial score (nSPS) is 12.2. The minimum absolute atomic E-state index is 0. The smallest absolute Gasteiger partial charge is 0.265 e. The van der Waals surface area contributed by atoms with Gasteiger partial charge in [-0.3, -0.25) is 0 Å². The van der Waals surface area contributed by atoms with E-state index in [2.05, 4.69) is 16.6 Å². The number of unbranched alkanes of at least 4 members (excludes halogenated alkanes) is 2. The van der Waals surface area contributed by atoms with Crippen molar-refractivity contribution in [1.29, 1.82) is 0 Å². The van der Waals surface area contributed by atoms with E-state index in [4.69, 9.17) is 0 Å². The highest BCUT2D eigenvalue weighted by Gasteiger charge is 2.09. The van der Waals surface area contributed by atoms with E-state index in [1.165, 1.54) is 19.3 Å². The molecule has 0 aliphatic rings. The van der Waals surface area contributed by atoms with Crippen LogP contribution in [0.4, 0.5) is 0 Å². The Kier molecular flexibility index (Phi) is 8.47. The summed E-state index contributed by atoms with van der Waals surface area (Å²) in [7, 11) is 0. The number of halogens is 1. The SMILES string of the molecule is CCCCC[n+]1cnn(C[C@@H](O)CC)c1.[Br-]. The minimum atomic E-state index is -0.283. The second-order valence-electron chi connectivity index (χ2n) is 3.98. The van der Waals surface area contributed by atoms with Gasteiger partial charge in [-0.05, 0) is 12.8 Å². The van der Waals surface area contributed by atoms with Crippen LogP contribution in [0, 0.1) is 0 Å². The van der Waals surface area contributed by atoms with Crippen molar-refractivity contribution in [2.45, 2.75) is 58.7 Å². The lowest BCUT2D eigenvalue weighted by atomic mass is 10.2. The van der Waals surface area contributed by atoms with E-state index in [0.717, 1.165) is 13.0 Å². The third kappa shape index (κ3) is 5.61. The molecule has 0 aliphatic carbocycles. The number of aromatic nitrogens is 3. The van der Waals surface area contributed by atoms with Crippen molar-refractivity contribution in [3.63, 3.8) is 0 Å². The molecular weight excluding hydrogens is 270 g/mol. The molecule has 0 unspecified atom stereocenters. The molecule has 1 atom stereocenters. The third-order valence-corrected chi connectivity index (χ3v) is 2.52. The molecule has 1 aromatic rings. The number of hydrogen-bond donors (Lipinski definition) is 1. The molecule has 1 aromatic heterocycles. The number of aliphatic hydroxyl groups is 1. The van der Waals surface area contributed by atoms with E-state index in [0.29, 0.717) is 6.54 Å². The van der Waals surface area contributed by atoms with Gasteiger partial charge in [-0.2, -0.15) is 0 Å². The Balaban J connectivity index is 0.00000225. The maximum Gasteiger partial charge on any atom is 0.265 e. The molecule has 0 saturated carbocycles. The average Bonchev–Trinajstić information content (AvgIpc) is 2.66. The zero-order valence-electron chi connectivity index (χ0n) is 10.1. The van der Waals surface area contributed by atoms with E-state index in [-0.39, 0.29) is 23.1 Å². The highest BCUT2D eigenvalue weighted by Crippen LogP contribution is 1.95. The fraction of sp³-hybridized carbons (Fsp3) is 0.818. The zero-order chi connectivity index (χ0) is 11.1. The van der Waals surface area contributed by atoms with Crippen molar-refractivity contribution >= 4 is 0 Å². The number of hydrogen-bond acceptors (Lipinski definition) is 2. The summed E-state index contributed by atoms with van der Waals surface area (Å²) < 4.78 is 3.89. The average molecular weight is 292 g/mol. The monoisotopic (exact) mass is 291 g/mol. The Morgan fingerprint density at radius 2 is 2.12 bits per heavy atom. The Labute approximate surface area is 108 Å². The molecule has 1 heterocycles. The molecule has 16 heavy (non-hydrogen) atoms. The van der Waals surface area contributed by atoms with E-state index in [1.54, 1.807) is 4.68 Å². The Bertz CT molecular complexity index is 278. The molecule has 0 saturated heterocycles. The molecule has 1 rings (SSSR count). The van der Waals surface area contributed by atoms with Gasteiger partial charge in [0.05, 0.1) is 12.6 Å². The Morgan fingerprint density at radius 3 is 2.75 bits per heavy atom. The molecule has 1 N–H and O–H groups in total. The summed E-state index contributed by atoms with van der Waals surface area (Å²) in [6, 6.07) is 0. The predicted molar refractivity (Wildman–Crippen MR) is 58.2 cm³/mol. The lowest BCUT2D eigenvalue weighted by Crippen LogP contribution is -3.00. The minimum Gasteiger partial charge on any atom is -1.00 e. The summed E-state index contributed by atoms with van der Waals surface area (Å²) >= 11 is 0. The fourth-order valence-corrected chi connectivity index (χ4v) is 1.46. The molecule has 5 heteroatoms. The standard InChI is InChI=1S/C11H22N3O.BrH/c1-3-5-6-7-13-9-12-14(10-13)8-11(15)4-2;/h9-11,15H,3-8H2,1-2H3;1H/q+1;/p-1/t11-;/m0./s1. The third-order valence-electron chi connectivity index (χ3n) is 2.52. The first-order valence-corrected chi connectivity index (χ1v) is 5.85. The molecule has 0 fully saturated rings. The van der Waals surface area contributed by atoms with Crippen LogP contribution in [0.25, 0.3) is 0 Å². The first-order valence-electron chi connectivity index (χ1n) is 5.85. The topological polar surface area (TPSA) is 41.9 Å². The zero-order valence-corrected chi connectivity index (χ0v) is 11.7. The maximum atomic E-state index is 9.46. The second-order valence-corrected chi connectivity index (χ2v) is 3.98. The van der Waals surface area contributed by atoms with Crippen molar-refractivity contribution in [3.05, 3.63) is 12.7 Å². The van der Waals surface area contributed by atoms with E-state index >= 15 is 0 Å². The van der Waals surface area contributed by atoms with Gasteiger partial charge in [0.1, 0.15) is 6.54 Å². The molecule has 0 spiro atoms. The van der Waals surface area contributed by atoms with Crippen LogP contribution in [0.2, 0.25) is 0 Å². The summed E-state index contributed by atoms with van der Waals surface area (Å²) in [4.78, 5) is 0. The van der Waals surface area contributed by atoms with E-state index in [1.807, 2.05) is 19.6 Å². The van der Waals surface area contributed by atoms with Crippen molar-refractivity contribution in [3.8, 4) is 0 Å². The van der Waals surface area contributed by atoms with Crippen LogP contribution in [0.1, 0.15) is 39.5 Å². The van der Waals surface area contributed by atoms with E-state index < -0.39 is 0 Å². The molecule has 0 aromatic carbocycles. The van der Waals surface area contributed by atoms with Crippen LogP contribution in [0.5, 0.6) is 0 Å². The fourth-order valence-electron chi connectivity index (χ4n) is 1.46. The number of aliphatic hydroxyl groups excluding tert-OH is 1. The van der Waals surface area contributed by atoms with Gasteiger partial charge in [-0.1, -0.05) is 26.7 Å². The molecule has 4 nitrogen and oxygen atoms in total. The Hall–Kier alpha value is -0.420. The van der Waals surface area contributed by atoms with Crippen LogP contribution in [0.15, 0.2) is 12.7 Å². The number of rotatable bonds is 7. The van der Waals surface area contributed by atoms with Gasteiger partial charge in [-0.15, -0.1) is 4.68 Å². The Morgan fingerprint density at radius 1 is 1.38 bits per heavy atom. The lowest BCUT2D eigenvalue weighted by molar-refractivity contribution is -0.698. The maximum absolute atomic E-state index is 9.46. The first kappa shape index (κ1) is 15.6. The van der Waals surface area contributed by atoms with Gasteiger partial charge in [0, 0.05) is 5.10 Å². The largest absolute Gasteiger partial charge is 1.00 e. The van der Waals surface area contributed by atoms with Crippen LogP contribution in [-0.4, -0.2) is 21.0 Å². The van der Waals surface area contributed by atoms with Gasteiger partial charge >= 0.3 is 0 Å². The van der Waals surface area contributed by atoms with Gasteiger partial charge in [-0.25, -0.2) is 4.57 Å². The predicted octanol–water partition coefficient (Wildman–Crippen LogP) is -1.86. The van der Waals surface area contributed by atoms with E-state index in [9.17, 15) is 5.11 Å². The summed E-state index contributed by atoms with van der Waals surface area (Å²) in [6.45, 7) is 5.79. The molecule has 0 radical (unpaired) electrons. The van der Waals surface area contributed by atoms with Gasteiger partial charge in [0.25, 0.3) is 6.33 Å². The molecule has 94 valence electrons. The number of nitrogens with zero attached hydrogens (tertiary/aromatic N) is 3. The van der Waals surface area contributed by atoms with Crippen LogP contribution >= 0.6 is 0 Å². The quantitative estimate of drug-likeness (QED) is 0.473.